The van der Waals surface area contributed by atoms with Crippen LogP contribution in [0.1, 0.15) is 17.4 Å². The van der Waals surface area contributed by atoms with Crippen molar-refractivity contribution < 1.29 is 9.84 Å². The van der Waals surface area contributed by atoms with Crippen molar-refractivity contribution >= 4 is 27.5 Å². The van der Waals surface area contributed by atoms with E-state index in [4.69, 9.17) is 16.3 Å². The number of halogens is 2. The maximum Gasteiger partial charge on any atom is 0.154 e. The molecule has 1 aromatic carbocycles. The molecule has 7 heteroatoms. The largest absolute Gasteiger partial charge is 0.495 e. The van der Waals surface area contributed by atoms with Gasteiger partial charge >= 0.3 is 0 Å². The molecule has 0 spiro atoms. The second-order valence-electron chi connectivity index (χ2n) is 3.69. The van der Waals surface area contributed by atoms with Crippen molar-refractivity contribution in [2.24, 2.45) is 7.05 Å². The van der Waals surface area contributed by atoms with Gasteiger partial charge in [-0.05, 0) is 33.6 Å². The van der Waals surface area contributed by atoms with Crippen LogP contribution in [0.5, 0.6) is 5.75 Å². The van der Waals surface area contributed by atoms with Crippen LogP contribution in [0.25, 0.3) is 0 Å². The summed E-state index contributed by atoms with van der Waals surface area (Å²) in [5.74, 6) is 0.565. The normalized spacial score (nSPS) is 12.5. The highest BCUT2D eigenvalue weighted by Crippen LogP contribution is 2.31. The predicted molar refractivity (Wildman–Crippen MR) is 70.8 cm³/mol. The van der Waals surface area contributed by atoms with Gasteiger partial charge in [0.15, 0.2) is 4.60 Å². The zero-order chi connectivity index (χ0) is 13.3. The lowest BCUT2D eigenvalue weighted by Crippen LogP contribution is -2.07. The molecule has 0 aliphatic heterocycles. The van der Waals surface area contributed by atoms with E-state index >= 15 is 0 Å². The molecule has 2 rings (SSSR count). The Labute approximate surface area is 117 Å². The highest BCUT2D eigenvalue weighted by molar-refractivity contribution is 9.10. The second kappa shape index (κ2) is 5.26. The number of nitrogens with zero attached hydrogens (tertiary/aromatic N) is 3. The van der Waals surface area contributed by atoms with Gasteiger partial charge in [0.05, 0.1) is 12.1 Å². The van der Waals surface area contributed by atoms with Gasteiger partial charge in [0.1, 0.15) is 17.5 Å². The second-order valence-corrected chi connectivity index (χ2v) is 4.84. The SMILES string of the molecule is COc1ccc(C(O)c2c(Br)nnn2C)cc1Cl. The molecule has 0 bridgehead atoms. The fourth-order valence-electron chi connectivity index (χ4n) is 1.64. The van der Waals surface area contributed by atoms with E-state index < -0.39 is 6.10 Å². The molecule has 1 N–H and O–H groups in total. The van der Waals surface area contributed by atoms with Gasteiger partial charge in [0.2, 0.25) is 0 Å². The van der Waals surface area contributed by atoms with Gasteiger partial charge in [0.25, 0.3) is 0 Å². The van der Waals surface area contributed by atoms with E-state index in [1.54, 1.807) is 32.4 Å². The van der Waals surface area contributed by atoms with Crippen molar-refractivity contribution in [3.8, 4) is 5.75 Å². The number of aliphatic hydroxyl groups excluding tert-OH is 1. The molecule has 1 unspecified atom stereocenters. The first-order valence-corrected chi connectivity index (χ1v) is 6.28. The number of benzene rings is 1. The van der Waals surface area contributed by atoms with Crippen molar-refractivity contribution in [3.63, 3.8) is 0 Å². The third-order valence-corrected chi connectivity index (χ3v) is 3.44. The van der Waals surface area contributed by atoms with Crippen LogP contribution in [0.4, 0.5) is 0 Å². The molecule has 1 heterocycles. The number of rotatable bonds is 3. The molecule has 0 aliphatic carbocycles. The first kappa shape index (κ1) is 13.3. The van der Waals surface area contributed by atoms with Crippen LogP contribution in [0.15, 0.2) is 22.8 Å². The molecule has 0 radical (unpaired) electrons. The number of aryl methyl sites for hydroxylation is 1. The monoisotopic (exact) mass is 331 g/mol. The van der Waals surface area contributed by atoms with Crippen molar-refractivity contribution in [2.75, 3.05) is 7.11 Å². The smallest absolute Gasteiger partial charge is 0.154 e. The zero-order valence-electron chi connectivity index (χ0n) is 9.76. The van der Waals surface area contributed by atoms with Gasteiger partial charge < -0.3 is 9.84 Å². The first-order valence-electron chi connectivity index (χ1n) is 5.11. The fraction of sp³-hybridized carbons (Fsp3) is 0.273. The summed E-state index contributed by atoms with van der Waals surface area (Å²) in [5, 5.41) is 18.4. The Morgan fingerprint density at radius 3 is 2.72 bits per heavy atom. The predicted octanol–water partition coefficient (Wildman–Crippen LogP) is 2.32. The minimum atomic E-state index is -0.859. The number of hydrogen-bond donors (Lipinski definition) is 1. The van der Waals surface area contributed by atoms with Gasteiger partial charge in [-0.2, -0.15) is 0 Å². The third-order valence-electron chi connectivity index (χ3n) is 2.58. The lowest BCUT2D eigenvalue weighted by molar-refractivity contribution is 0.209. The molecule has 0 saturated heterocycles. The maximum absolute atomic E-state index is 10.3. The molecule has 18 heavy (non-hydrogen) atoms. The Morgan fingerprint density at radius 1 is 1.50 bits per heavy atom. The summed E-state index contributed by atoms with van der Waals surface area (Å²) in [6.07, 6.45) is -0.859. The minimum Gasteiger partial charge on any atom is -0.495 e. The van der Waals surface area contributed by atoms with Crippen molar-refractivity contribution in [1.29, 1.82) is 0 Å². The third kappa shape index (κ3) is 2.36. The Morgan fingerprint density at radius 2 is 2.22 bits per heavy atom. The lowest BCUT2D eigenvalue weighted by Gasteiger charge is -2.13. The molecule has 2 aromatic rings. The lowest BCUT2D eigenvalue weighted by atomic mass is 10.1. The highest BCUT2D eigenvalue weighted by atomic mass is 79.9. The van der Waals surface area contributed by atoms with E-state index in [0.29, 0.717) is 26.6 Å². The molecular weight excluding hydrogens is 321 g/mol. The summed E-state index contributed by atoms with van der Waals surface area (Å²) in [5.41, 5.74) is 1.21. The van der Waals surface area contributed by atoms with Crippen molar-refractivity contribution in [3.05, 3.63) is 39.1 Å². The molecule has 1 aromatic heterocycles. The van der Waals surface area contributed by atoms with E-state index in [1.807, 2.05) is 0 Å². The zero-order valence-corrected chi connectivity index (χ0v) is 12.1. The Hall–Kier alpha value is -1.11. The number of aromatic nitrogens is 3. The van der Waals surface area contributed by atoms with E-state index in [0.717, 1.165) is 0 Å². The summed E-state index contributed by atoms with van der Waals surface area (Å²) in [6, 6.07) is 5.11. The molecule has 5 nitrogen and oxygen atoms in total. The minimum absolute atomic E-state index is 0.445. The van der Waals surface area contributed by atoms with Crippen LogP contribution < -0.4 is 4.74 Å². The van der Waals surface area contributed by atoms with Gasteiger partial charge in [-0.1, -0.05) is 22.9 Å². The average molecular weight is 333 g/mol. The van der Waals surface area contributed by atoms with Gasteiger partial charge in [-0.3, -0.25) is 0 Å². The standard InChI is InChI=1S/C11H11BrClN3O2/c1-16-9(11(12)14-15-16)10(17)6-3-4-8(18-2)7(13)5-6/h3-5,10,17H,1-2H3. The highest BCUT2D eigenvalue weighted by Gasteiger charge is 2.20. The number of ether oxygens (including phenoxy) is 1. The van der Waals surface area contributed by atoms with Crippen molar-refractivity contribution in [1.82, 2.24) is 15.0 Å². The molecular formula is C11H11BrClN3O2. The molecule has 0 amide bonds. The first-order chi connectivity index (χ1) is 8.54. The van der Waals surface area contributed by atoms with Crippen molar-refractivity contribution in [2.45, 2.75) is 6.10 Å². The van der Waals surface area contributed by atoms with E-state index in [1.165, 1.54) is 4.68 Å². The quantitative estimate of drug-likeness (QED) is 0.937. The Balaban J connectivity index is 2.40. The number of methoxy groups -OCH3 is 1. The van der Waals surface area contributed by atoms with E-state index in [9.17, 15) is 5.11 Å². The molecule has 96 valence electrons. The summed E-state index contributed by atoms with van der Waals surface area (Å²) in [6.45, 7) is 0. The van der Waals surface area contributed by atoms with Crippen LogP contribution in [-0.4, -0.2) is 27.2 Å². The maximum atomic E-state index is 10.3. The van der Waals surface area contributed by atoms with Crippen LogP contribution >= 0.6 is 27.5 Å². The van der Waals surface area contributed by atoms with Crippen LogP contribution in [0.3, 0.4) is 0 Å². The van der Waals surface area contributed by atoms with E-state index in [2.05, 4.69) is 26.2 Å². The molecule has 0 saturated carbocycles. The molecule has 1 atom stereocenters. The van der Waals surface area contributed by atoms with Crippen LogP contribution in [0, 0.1) is 0 Å². The van der Waals surface area contributed by atoms with Gasteiger partial charge in [-0.25, -0.2) is 4.68 Å². The summed E-state index contributed by atoms with van der Waals surface area (Å²) < 4.78 is 7.08. The Bertz CT molecular complexity index is 554. The van der Waals surface area contributed by atoms with E-state index in [-0.39, 0.29) is 0 Å². The number of hydrogen-bond acceptors (Lipinski definition) is 4. The van der Waals surface area contributed by atoms with Crippen LogP contribution in [0.2, 0.25) is 5.02 Å². The van der Waals surface area contributed by atoms with Gasteiger partial charge in [0, 0.05) is 7.05 Å². The summed E-state index contributed by atoms with van der Waals surface area (Å²) in [7, 11) is 3.25. The summed E-state index contributed by atoms with van der Waals surface area (Å²) in [4.78, 5) is 0. The van der Waals surface area contributed by atoms with Gasteiger partial charge in [-0.15, -0.1) is 5.10 Å². The Kier molecular flexibility index (Phi) is 3.89. The van der Waals surface area contributed by atoms with Crippen LogP contribution in [-0.2, 0) is 7.05 Å². The number of aliphatic hydroxyl groups is 1. The summed E-state index contributed by atoms with van der Waals surface area (Å²) >= 11 is 9.28. The topological polar surface area (TPSA) is 60.2 Å². The molecule has 0 fully saturated rings. The fourth-order valence-corrected chi connectivity index (χ4v) is 2.45. The molecule has 0 aliphatic rings. The average Bonchev–Trinajstić information content (AvgIpc) is 2.68.